The number of carbonyl (C=O) groups excluding carboxylic acids is 2. The molecule has 11 heteroatoms. The monoisotopic (exact) mass is 785 g/mol. The van der Waals surface area contributed by atoms with Crippen LogP contribution in [0.4, 0.5) is 0 Å². The standard InChI is InChI=1S/C43H77O10P/c1-3-5-7-9-11-13-15-17-19-21-23-25-27-29-31-33-35-43(47)53-41(39-52-54(48,49)51-37-40(45)36-44)38-50-42(46)34-32-30-28-26-24-22-20-18-16-14-12-10-8-6-4-2/h6,8,12,14,18,20,24,26,40-41,44-45H,3-5,7,9-11,13,15-17,19,21-23,25,27-39H2,1-2H3,(H,48,49)/b8-6-,14-12-,20-18-,26-24-/t40-,41+/m0/s1. The number of rotatable bonds is 39. The van der Waals surface area contributed by atoms with Crippen molar-refractivity contribution in [1.29, 1.82) is 0 Å². The maximum atomic E-state index is 12.6. The fourth-order valence-corrected chi connectivity index (χ4v) is 6.30. The van der Waals surface area contributed by atoms with Crippen LogP contribution in [0.3, 0.4) is 0 Å². The highest BCUT2D eigenvalue weighted by molar-refractivity contribution is 7.47. The van der Waals surface area contributed by atoms with E-state index in [1.54, 1.807) is 0 Å². The lowest BCUT2D eigenvalue weighted by atomic mass is 10.0. The van der Waals surface area contributed by atoms with Crippen LogP contribution in [0.2, 0.25) is 0 Å². The van der Waals surface area contributed by atoms with E-state index in [0.29, 0.717) is 12.8 Å². The molecule has 0 aromatic heterocycles. The van der Waals surface area contributed by atoms with Crippen LogP contribution in [0.15, 0.2) is 48.6 Å². The maximum Gasteiger partial charge on any atom is 0.472 e. The Morgan fingerprint density at radius 2 is 1.02 bits per heavy atom. The van der Waals surface area contributed by atoms with E-state index in [-0.39, 0.29) is 19.4 Å². The van der Waals surface area contributed by atoms with Gasteiger partial charge in [-0.1, -0.05) is 159 Å². The number of esters is 2. The predicted molar refractivity (Wildman–Crippen MR) is 219 cm³/mol. The van der Waals surface area contributed by atoms with Crippen LogP contribution in [0.5, 0.6) is 0 Å². The molecule has 0 aliphatic carbocycles. The first-order chi connectivity index (χ1) is 26.2. The first-order valence-electron chi connectivity index (χ1n) is 21.1. The molecular formula is C43H77O10P. The molecule has 0 aliphatic heterocycles. The molecular weight excluding hydrogens is 707 g/mol. The highest BCUT2D eigenvalue weighted by Gasteiger charge is 2.27. The highest BCUT2D eigenvalue weighted by Crippen LogP contribution is 2.43. The third-order valence-corrected chi connectivity index (χ3v) is 9.70. The maximum absolute atomic E-state index is 12.6. The first kappa shape index (κ1) is 51.9. The number of allylic oxidation sites excluding steroid dienone is 8. The molecule has 0 saturated carbocycles. The SMILES string of the molecule is CC/C=C\C/C=C\C/C=C\C/C=C\CCCCC(=O)OC[C@H](COP(=O)(O)OC[C@@H](O)CO)OC(=O)CCCCCCCCCCCCCCCCCC. The summed E-state index contributed by atoms with van der Waals surface area (Å²) in [6, 6.07) is 0. The fraction of sp³-hybridized carbons (Fsp3) is 0.767. The van der Waals surface area contributed by atoms with Gasteiger partial charge in [0, 0.05) is 12.8 Å². The Balaban J connectivity index is 4.36. The number of carbonyl (C=O) groups is 2. The molecule has 1 unspecified atom stereocenters. The minimum atomic E-state index is -4.62. The van der Waals surface area contributed by atoms with Crippen molar-refractivity contribution in [2.24, 2.45) is 0 Å². The van der Waals surface area contributed by atoms with Crippen LogP contribution < -0.4 is 0 Å². The zero-order valence-corrected chi connectivity index (χ0v) is 34.8. The van der Waals surface area contributed by atoms with Gasteiger partial charge >= 0.3 is 19.8 Å². The van der Waals surface area contributed by atoms with Crippen molar-refractivity contribution < 1.29 is 47.8 Å². The van der Waals surface area contributed by atoms with Crippen LogP contribution in [-0.4, -0.2) is 65.7 Å². The quantitative estimate of drug-likeness (QED) is 0.0238. The molecule has 0 aromatic rings. The molecule has 0 rings (SSSR count). The molecule has 0 saturated heterocycles. The lowest BCUT2D eigenvalue weighted by molar-refractivity contribution is -0.161. The third kappa shape index (κ3) is 38.2. The van der Waals surface area contributed by atoms with E-state index in [4.69, 9.17) is 19.1 Å². The van der Waals surface area contributed by atoms with Crippen LogP contribution in [0, 0.1) is 0 Å². The van der Waals surface area contributed by atoms with Crippen molar-refractivity contribution in [3.8, 4) is 0 Å². The Morgan fingerprint density at radius 3 is 1.54 bits per heavy atom. The van der Waals surface area contributed by atoms with E-state index in [0.717, 1.165) is 57.8 Å². The van der Waals surface area contributed by atoms with Crippen molar-refractivity contribution in [3.05, 3.63) is 48.6 Å². The molecule has 0 amide bonds. The zero-order chi connectivity index (χ0) is 39.8. The predicted octanol–water partition coefficient (Wildman–Crippen LogP) is 10.9. The minimum absolute atomic E-state index is 0.177. The number of hydrogen-bond donors (Lipinski definition) is 3. The Kier molecular flexibility index (Phi) is 37.7. The van der Waals surface area contributed by atoms with Crippen molar-refractivity contribution >= 4 is 19.8 Å². The van der Waals surface area contributed by atoms with E-state index in [2.05, 4.69) is 67.0 Å². The van der Waals surface area contributed by atoms with Crippen LogP contribution in [0.25, 0.3) is 0 Å². The number of aliphatic hydroxyl groups is 2. The number of unbranched alkanes of at least 4 members (excludes halogenated alkanes) is 17. The number of hydrogen-bond acceptors (Lipinski definition) is 9. The summed E-state index contributed by atoms with van der Waals surface area (Å²) in [5, 5.41) is 18.3. The second-order valence-electron chi connectivity index (χ2n) is 14.0. The van der Waals surface area contributed by atoms with Gasteiger partial charge in [0.2, 0.25) is 0 Å². The Labute approximate surface area is 328 Å². The largest absolute Gasteiger partial charge is 0.472 e. The van der Waals surface area contributed by atoms with Gasteiger partial charge in [0.15, 0.2) is 6.10 Å². The minimum Gasteiger partial charge on any atom is -0.462 e. The van der Waals surface area contributed by atoms with Crippen molar-refractivity contribution in [2.45, 2.75) is 187 Å². The van der Waals surface area contributed by atoms with Crippen LogP contribution >= 0.6 is 7.82 Å². The molecule has 0 radical (unpaired) electrons. The second kappa shape index (κ2) is 39.2. The molecule has 0 aromatic carbocycles. The van der Waals surface area contributed by atoms with E-state index in [1.807, 2.05) is 0 Å². The molecule has 0 aliphatic rings. The number of aliphatic hydroxyl groups excluding tert-OH is 2. The molecule has 314 valence electrons. The van der Waals surface area contributed by atoms with Crippen molar-refractivity contribution in [1.82, 2.24) is 0 Å². The van der Waals surface area contributed by atoms with Crippen molar-refractivity contribution in [3.63, 3.8) is 0 Å². The normalized spacial score (nSPS) is 14.4. The molecule has 54 heavy (non-hydrogen) atoms. The van der Waals surface area contributed by atoms with Crippen LogP contribution in [0.1, 0.15) is 174 Å². The van der Waals surface area contributed by atoms with Gasteiger partial charge in [-0.05, 0) is 51.4 Å². The average molecular weight is 785 g/mol. The zero-order valence-electron chi connectivity index (χ0n) is 33.9. The van der Waals surface area contributed by atoms with Gasteiger partial charge in [0.25, 0.3) is 0 Å². The summed E-state index contributed by atoms with van der Waals surface area (Å²) in [5.41, 5.74) is 0. The average Bonchev–Trinajstić information content (AvgIpc) is 3.16. The van der Waals surface area contributed by atoms with Gasteiger partial charge < -0.3 is 24.6 Å². The second-order valence-corrected chi connectivity index (χ2v) is 15.4. The van der Waals surface area contributed by atoms with Gasteiger partial charge in [0.1, 0.15) is 12.7 Å². The highest BCUT2D eigenvalue weighted by atomic mass is 31.2. The van der Waals surface area contributed by atoms with Gasteiger partial charge in [-0.2, -0.15) is 0 Å². The summed E-state index contributed by atoms with van der Waals surface area (Å²) in [6.45, 7) is 2.22. The molecule has 0 bridgehead atoms. The summed E-state index contributed by atoms with van der Waals surface area (Å²) in [7, 11) is -4.62. The summed E-state index contributed by atoms with van der Waals surface area (Å²) in [4.78, 5) is 34.9. The summed E-state index contributed by atoms with van der Waals surface area (Å²) in [5.74, 6) is -0.971. The van der Waals surface area contributed by atoms with Gasteiger partial charge in [0.05, 0.1) is 19.8 Å². The lowest BCUT2D eigenvalue weighted by Gasteiger charge is -2.20. The third-order valence-electron chi connectivity index (χ3n) is 8.75. The van der Waals surface area contributed by atoms with E-state index >= 15 is 0 Å². The molecule has 3 N–H and O–H groups in total. The summed E-state index contributed by atoms with van der Waals surface area (Å²) < 4.78 is 32.6. The van der Waals surface area contributed by atoms with Crippen LogP contribution in [-0.2, 0) is 32.7 Å². The molecule has 0 fully saturated rings. The smallest absolute Gasteiger partial charge is 0.462 e. The number of phosphoric acid groups is 1. The summed E-state index contributed by atoms with van der Waals surface area (Å²) in [6.07, 6.45) is 40.8. The Bertz CT molecular complexity index is 1040. The number of ether oxygens (including phenoxy) is 2. The topological polar surface area (TPSA) is 149 Å². The van der Waals surface area contributed by atoms with E-state index in [1.165, 1.54) is 77.0 Å². The summed E-state index contributed by atoms with van der Waals surface area (Å²) >= 11 is 0. The van der Waals surface area contributed by atoms with Crippen molar-refractivity contribution in [2.75, 3.05) is 26.4 Å². The fourth-order valence-electron chi connectivity index (χ4n) is 5.51. The Morgan fingerprint density at radius 1 is 0.574 bits per heavy atom. The van der Waals surface area contributed by atoms with E-state index in [9.17, 15) is 24.2 Å². The molecule has 10 nitrogen and oxygen atoms in total. The van der Waals surface area contributed by atoms with Gasteiger partial charge in [-0.3, -0.25) is 18.6 Å². The number of phosphoric ester groups is 1. The molecule has 3 atom stereocenters. The Hall–Kier alpha value is -2.07. The lowest BCUT2D eigenvalue weighted by Crippen LogP contribution is -2.29. The molecule has 0 spiro atoms. The molecule has 0 heterocycles. The van der Waals surface area contributed by atoms with Gasteiger partial charge in [-0.25, -0.2) is 4.57 Å². The van der Waals surface area contributed by atoms with Gasteiger partial charge in [-0.15, -0.1) is 0 Å². The van der Waals surface area contributed by atoms with E-state index < -0.39 is 51.8 Å². The first-order valence-corrected chi connectivity index (χ1v) is 22.6.